The van der Waals surface area contributed by atoms with Gasteiger partial charge in [0.25, 0.3) is 10.1 Å². The lowest BCUT2D eigenvalue weighted by molar-refractivity contribution is -0.139. The lowest BCUT2D eigenvalue weighted by Gasteiger charge is -2.05. The first kappa shape index (κ1) is 15.5. The minimum atomic E-state index is -3.38. The van der Waals surface area contributed by atoms with Crippen LogP contribution < -0.4 is 4.74 Å². The van der Waals surface area contributed by atoms with Crippen LogP contribution in [0.3, 0.4) is 0 Å². The van der Waals surface area contributed by atoms with Crippen LogP contribution in [0.1, 0.15) is 12.0 Å². The van der Waals surface area contributed by atoms with Gasteiger partial charge < -0.3 is 9.84 Å². The molecule has 0 aliphatic heterocycles. The van der Waals surface area contributed by atoms with E-state index in [2.05, 4.69) is 4.18 Å². The van der Waals surface area contributed by atoms with E-state index in [4.69, 9.17) is 9.84 Å². The fourth-order valence-electron chi connectivity index (χ4n) is 1.38. The molecule has 0 aliphatic rings. The number of aliphatic carboxylic acids is 1. The molecule has 0 amide bonds. The van der Waals surface area contributed by atoms with E-state index in [-0.39, 0.29) is 13.2 Å². The molecule has 0 spiro atoms. The second-order valence-corrected chi connectivity index (χ2v) is 5.60. The Bertz CT molecular complexity index is 506. The Morgan fingerprint density at radius 1 is 1.26 bits per heavy atom. The van der Waals surface area contributed by atoms with Gasteiger partial charge in [-0.2, -0.15) is 8.42 Å². The van der Waals surface area contributed by atoms with Gasteiger partial charge >= 0.3 is 5.97 Å². The van der Waals surface area contributed by atoms with Crippen molar-refractivity contribution in [1.82, 2.24) is 0 Å². The van der Waals surface area contributed by atoms with E-state index in [9.17, 15) is 13.2 Å². The van der Waals surface area contributed by atoms with E-state index >= 15 is 0 Å². The van der Waals surface area contributed by atoms with Crippen LogP contribution in [0.2, 0.25) is 0 Å². The molecule has 0 heterocycles. The summed E-state index contributed by atoms with van der Waals surface area (Å²) in [4.78, 5) is 10.3. The number of aryl methyl sites for hydroxylation is 1. The second-order valence-electron chi connectivity index (χ2n) is 3.96. The number of hydrogen-bond acceptors (Lipinski definition) is 5. The van der Waals surface area contributed by atoms with Crippen molar-refractivity contribution in [3.63, 3.8) is 0 Å². The van der Waals surface area contributed by atoms with Gasteiger partial charge in [-0.05, 0) is 30.5 Å². The van der Waals surface area contributed by atoms with Crippen LogP contribution in [0.5, 0.6) is 5.75 Å². The average Bonchev–Trinajstić information content (AvgIpc) is 2.32. The number of rotatable bonds is 8. The Morgan fingerprint density at radius 2 is 1.89 bits per heavy atom. The van der Waals surface area contributed by atoms with Crippen molar-refractivity contribution in [2.45, 2.75) is 12.8 Å². The largest absolute Gasteiger partial charge is 0.482 e. The molecule has 106 valence electrons. The fourth-order valence-corrected chi connectivity index (χ4v) is 1.80. The molecule has 0 radical (unpaired) electrons. The van der Waals surface area contributed by atoms with Crippen LogP contribution in [-0.2, 0) is 25.5 Å². The molecule has 0 fully saturated rings. The highest BCUT2D eigenvalue weighted by Crippen LogP contribution is 2.13. The number of ether oxygens (including phenoxy) is 1. The van der Waals surface area contributed by atoms with Crippen molar-refractivity contribution in [2.24, 2.45) is 0 Å². The minimum absolute atomic E-state index is 0.149. The highest BCUT2D eigenvalue weighted by molar-refractivity contribution is 7.85. The smallest absolute Gasteiger partial charge is 0.341 e. The lowest BCUT2D eigenvalue weighted by Crippen LogP contribution is -2.09. The van der Waals surface area contributed by atoms with Gasteiger partial charge in [0.1, 0.15) is 5.75 Å². The predicted octanol–water partition coefficient (Wildman–Crippen LogP) is 1.06. The van der Waals surface area contributed by atoms with E-state index in [1.165, 1.54) is 0 Å². The summed E-state index contributed by atoms with van der Waals surface area (Å²) in [5.41, 5.74) is 1.000. The van der Waals surface area contributed by atoms with Gasteiger partial charge in [0.15, 0.2) is 6.61 Å². The monoisotopic (exact) mass is 288 g/mol. The first-order valence-electron chi connectivity index (χ1n) is 5.65. The Kier molecular flexibility index (Phi) is 5.78. The topological polar surface area (TPSA) is 89.9 Å². The summed E-state index contributed by atoms with van der Waals surface area (Å²) in [5.74, 6) is -0.541. The fraction of sp³-hybridized carbons (Fsp3) is 0.417. The van der Waals surface area contributed by atoms with Crippen molar-refractivity contribution in [1.29, 1.82) is 0 Å². The van der Waals surface area contributed by atoms with E-state index in [1.807, 2.05) is 0 Å². The summed E-state index contributed by atoms with van der Waals surface area (Å²) in [6.07, 6.45) is 2.28. The third-order valence-electron chi connectivity index (χ3n) is 2.19. The molecular weight excluding hydrogens is 272 g/mol. The second kappa shape index (κ2) is 7.10. The Labute approximate surface area is 112 Å². The third-order valence-corrected chi connectivity index (χ3v) is 2.79. The van der Waals surface area contributed by atoms with Crippen LogP contribution >= 0.6 is 0 Å². The number of carboxylic acids is 1. The van der Waals surface area contributed by atoms with Gasteiger partial charge in [-0.1, -0.05) is 12.1 Å². The Balaban J connectivity index is 2.34. The van der Waals surface area contributed by atoms with E-state index in [0.29, 0.717) is 18.6 Å². The number of carboxylic acid groups (broad SMARTS) is 1. The van der Waals surface area contributed by atoms with Gasteiger partial charge in [-0.15, -0.1) is 0 Å². The number of hydrogen-bond donors (Lipinski definition) is 1. The molecular formula is C12H16O6S. The summed E-state index contributed by atoms with van der Waals surface area (Å²) in [6.45, 7) is -0.225. The molecule has 0 aromatic heterocycles. The Morgan fingerprint density at radius 3 is 2.42 bits per heavy atom. The van der Waals surface area contributed by atoms with Crippen LogP contribution in [-0.4, -0.2) is 39.0 Å². The van der Waals surface area contributed by atoms with Crippen molar-refractivity contribution >= 4 is 16.1 Å². The van der Waals surface area contributed by atoms with Gasteiger partial charge in [-0.25, -0.2) is 4.79 Å². The zero-order valence-corrected chi connectivity index (χ0v) is 11.4. The molecule has 19 heavy (non-hydrogen) atoms. The van der Waals surface area contributed by atoms with E-state index in [1.54, 1.807) is 24.3 Å². The zero-order chi connectivity index (χ0) is 14.3. The molecule has 1 rings (SSSR count). The average molecular weight is 288 g/mol. The van der Waals surface area contributed by atoms with Gasteiger partial charge in [0.05, 0.1) is 12.9 Å². The first-order valence-corrected chi connectivity index (χ1v) is 7.46. The molecule has 1 aromatic rings. The maximum atomic E-state index is 10.7. The normalized spacial score (nSPS) is 11.2. The highest BCUT2D eigenvalue weighted by atomic mass is 32.2. The van der Waals surface area contributed by atoms with Gasteiger partial charge in [0.2, 0.25) is 0 Å². The predicted molar refractivity (Wildman–Crippen MR) is 68.7 cm³/mol. The first-order chi connectivity index (χ1) is 8.87. The van der Waals surface area contributed by atoms with Gasteiger partial charge in [-0.3, -0.25) is 4.18 Å². The molecule has 0 aliphatic carbocycles. The van der Waals surface area contributed by atoms with Crippen LogP contribution in [0.15, 0.2) is 24.3 Å². The van der Waals surface area contributed by atoms with Crippen LogP contribution in [0, 0.1) is 0 Å². The third kappa shape index (κ3) is 7.43. The summed E-state index contributed by atoms with van der Waals surface area (Å²) in [6, 6.07) is 6.96. The molecule has 7 heteroatoms. The van der Waals surface area contributed by atoms with Crippen molar-refractivity contribution < 1.29 is 27.2 Å². The molecule has 6 nitrogen and oxygen atoms in total. The van der Waals surface area contributed by atoms with Crippen molar-refractivity contribution in [3.05, 3.63) is 29.8 Å². The molecule has 1 aromatic carbocycles. The molecule has 0 saturated heterocycles. The quantitative estimate of drug-likeness (QED) is 0.568. The standard InChI is InChI=1S/C12H16O6S/c1-19(15,16)18-8-2-3-10-4-6-11(7-5-10)17-9-12(13)14/h4-7H,2-3,8-9H2,1H3,(H,13,14). The molecule has 0 saturated carbocycles. The molecule has 1 N–H and O–H groups in total. The SMILES string of the molecule is CS(=O)(=O)OCCCc1ccc(OCC(=O)O)cc1. The maximum Gasteiger partial charge on any atom is 0.341 e. The summed E-state index contributed by atoms with van der Waals surface area (Å²) >= 11 is 0. The minimum Gasteiger partial charge on any atom is -0.482 e. The van der Waals surface area contributed by atoms with Gasteiger partial charge in [0, 0.05) is 0 Å². The van der Waals surface area contributed by atoms with Crippen molar-refractivity contribution in [2.75, 3.05) is 19.5 Å². The molecule has 0 bridgehead atoms. The van der Waals surface area contributed by atoms with E-state index in [0.717, 1.165) is 11.8 Å². The summed E-state index contributed by atoms with van der Waals surface area (Å²) in [7, 11) is -3.38. The Hall–Kier alpha value is -1.60. The molecule has 0 unspecified atom stereocenters. The maximum absolute atomic E-state index is 10.7. The molecule has 0 atom stereocenters. The number of carbonyl (C=O) groups is 1. The van der Waals surface area contributed by atoms with Crippen LogP contribution in [0.4, 0.5) is 0 Å². The highest BCUT2D eigenvalue weighted by Gasteiger charge is 2.02. The number of benzene rings is 1. The van der Waals surface area contributed by atoms with Crippen LogP contribution in [0.25, 0.3) is 0 Å². The summed E-state index contributed by atoms with van der Waals surface area (Å²) in [5, 5.41) is 8.45. The summed E-state index contributed by atoms with van der Waals surface area (Å²) < 4.78 is 31.1. The van der Waals surface area contributed by atoms with E-state index < -0.39 is 16.1 Å². The lowest BCUT2D eigenvalue weighted by atomic mass is 10.1. The zero-order valence-electron chi connectivity index (χ0n) is 10.5. The van der Waals surface area contributed by atoms with Crippen molar-refractivity contribution in [3.8, 4) is 5.75 Å².